The van der Waals surface area contributed by atoms with Crippen LogP contribution in [0.3, 0.4) is 0 Å². The topological polar surface area (TPSA) is 63.3 Å². The van der Waals surface area contributed by atoms with Crippen molar-refractivity contribution in [1.29, 1.82) is 0 Å². The molecule has 1 rings (SSSR count). The second-order valence-corrected chi connectivity index (χ2v) is 5.20. The lowest BCUT2D eigenvalue weighted by atomic mass is 9.78. The molecule has 0 aromatic carbocycles. The van der Waals surface area contributed by atoms with E-state index >= 15 is 0 Å². The lowest BCUT2D eigenvalue weighted by Gasteiger charge is -2.27. The first-order valence-corrected chi connectivity index (χ1v) is 6.51. The van der Waals surface area contributed by atoms with E-state index in [1.807, 2.05) is 0 Å². The molecule has 1 fully saturated rings. The molecular weight excluding hydrogens is 202 g/mol. The van der Waals surface area contributed by atoms with Crippen LogP contribution in [0.5, 0.6) is 0 Å². The van der Waals surface area contributed by atoms with Gasteiger partial charge in [-0.05, 0) is 43.9 Å². The number of rotatable bonds is 6. The van der Waals surface area contributed by atoms with Gasteiger partial charge in [0.25, 0.3) is 0 Å². The third kappa shape index (κ3) is 4.62. The van der Waals surface area contributed by atoms with Crippen molar-refractivity contribution in [2.75, 3.05) is 6.61 Å². The summed E-state index contributed by atoms with van der Waals surface area (Å²) in [4.78, 5) is 11.1. The van der Waals surface area contributed by atoms with E-state index in [1.165, 1.54) is 0 Å². The highest BCUT2D eigenvalue weighted by atomic mass is 16.3. The van der Waals surface area contributed by atoms with E-state index in [1.54, 1.807) is 0 Å². The minimum Gasteiger partial charge on any atom is -0.396 e. The summed E-state index contributed by atoms with van der Waals surface area (Å²) in [6.07, 6.45) is 6.50. The highest BCUT2D eigenvalue weighted by Gasteiger charge is 2.23. The number of ketones is 1. The maximum Gasteiger partial charge on any atom is 0.132 e. The summed E-state index contributed by atoms with van der Waals surface area (Å²) in [6, 6.07) is 0.137. The van der Waals surface area contributed by atoms with E-state index in [0.29, 0.717) is 24.0 Å². The van der Waals surface area contributed by atoms with Gasteiger partial charge in [0, 0.05) is 25.5 Å². The summed E-state index contributed by atoms with van der Waals surface area (Å²) in [5.41, 5.74) is 5.87. The van der Waals surface area contributed by atoms with Crippen molar-refractivity contribution in [3.05, 3.63) is 0 Å². The Kier molecular flexibility index (Phi) is 5.99. The fraction of sp³-hybridized carbons (Fsp3) is 0.923. The van der Waals surface area contributed by atoms with Crippen LogP contribution in [0.1, 0.15) is 51.9 Å². The van der Waals surface area contributed by atoms with E-state index in [0.717, 1.165) is 38.5 Å². The Balaban J connectivity index is 2.19. The lowest BCUT2D eigenvalue weighted by molar-refractivity contribution is -0.121. The number of aliphatic hydroxyl groups excluding tert-OH is 1. The second kappa shape index (κ2) is 7.02. The Morgan fingerprint density at radius 3 is 2.50 bits per heavy atom. The number of nitrogens with two attached hydrogens (primary N) is 1. The molecule has 0 amide bonds. The molecule has 2 atom stereocenters. The predicted octanol–water partition coefficient (Wildman–Crippen LogP) is 1.87. The molecule has 3 heteroatoms. The van der Waals surface area contributed by atoms with Crippen molar-refractivity contribution in [3.63, 3.8) is 0 Å². The van der Waals surface area contributed by atoms with Crippen molar-refractivity contribution < 1.29 is 9.90 Å². The monoisotopic (exact) mass is 227 g/mol. The zero-order valence-corrected chi connectivity index (χ0v) is 10.3. The smallest absolute Gasteiger partial charge is 0.132 e. The minimum absolute atomic E-state index is 0.137. The van der Waals surface area contributed by atoms with Gasteiger partial charge in [0.15, 0.2) is 0 Å². The maximum atomic E-state index is 11.1. The normalized spacial score (nSPS) is 22.1. The Morgan fingerprint density at radius 2 is 1.94 bits per heavy atom. The molecule has 2 unspecified atom stereocenters. The number of aliphatic hydroxyl groups is 1. The van der Waals surface area contributed by atoms with Crippen LogP contribution in [0.15, 0.2) is 0 Å². The number of carbonyl (C=O) groups excluding carboxylic acids is 1. The van der Waals surface area contributed by atoms with Gasteiger partial charge in [0.2, 0.25) is 0 Å². The van der Waals surface area contributed by atoms with Crippen molar-refractivity contribution in [1.82, 2.24) is 0 Å². The van der Waals surface area contributed by atoms with Crippen molar-refractivity contribution >= 4 is 5.78 Å². The standard InChI is InChI=1S/C13H25NO2/c1-10(2-5-12(14)8-9-15)11-3-6-13(16)7-4-11/h10-12,15H,2-9,14H2,1H3. The van der Waals surface area contributed by atoms with Crippen molar-refractivity contribution in [3.8, 4) is 0 Å². The quantitative estimate of drug-likeness (QED) is 0.728. The van der Waals surface area contributed by atoms with E-state index in [4.69, 9.17) is 10.8 Å². The van der Waals surface area contributed by atoms with Gasteiger partial charge < -0.3 is 10.8 Å². The van der Waals surface area contributed by atoms with Crippen LogP contribution in [-0.4, -0.2) is 23.5 Å². The molecule has 1 aliphatic rings. The molecule has 1 saturated carbocycles. The van der Waals surface area contributed by atoms with E-state index in [-0.39, 0.29) is 12.6 Å². The molecular formula is C13H25NO2. The lowest BCUT2D eigenvalue weighted by Crippen LogP contribution is -2.25. The Hall–Kier alpha value is -0.410. The largest absolute Gasteiger partial charge is 0.396 e. The molecule has 0 aliphatic heterocycles. The van der Waals surface area contributed by atoms with Gasteiger partial charge in [0.05, 0.1) is 0 Å². The Bertz CT molecular complexity index is 208. The van der Waals surface area contributed by atoms with Crippen molar-refractivity contribution in [2.45, 2.75) is 57.9 Å². The number of hydrogen-bond acceptors (Lipinski definition) is 3. The first-order chi connectivity index (χ1) is 7.63. The van der Waals surface area contributed by atoms with Gasteiger partial charge in [0.1, 0.15) is 5.78 Å². The molecule has 94 valence electrons. The second-order valence-electron chi connectivity index (χ2n) is 5.20. The fourth-order valence-electron chi connectivity index (χ4n) is 2.55. The van der Waals surface area contributed by atoms with E-state index < -0.39 is 0 Å². The summed E-state index contributed by atoms with van der Waals surface area (Å²) in [5, 5.41) is 8.76. The number of hydrogen-bond donors (Lipinski definition) is 2. The van der Waals surface area contributed by atoms with Gasteiger partial charge in [-0.2, -0.15) is 0 Å². The average molecular weight is 227 g/mol. The molecule has 0 aromatic rings. The van der Waals surface area contributed by atoms with Gasteiger partial charge in [-0.15, -0.1) is 0 Å². The molecule has 0 heterocycles. The zero-order valence-electron chi connectivity index (χ0n) is 10.3. The summed E-state index contributed by atoms with van der Waals surface area (Å²) in [7, 11) is 0. The highest BCUT2D eigenvalue weighted by Crippen LogP contribution is 2.30. The molecule has 0 saturated heterocycles. The molecule has 0 radical (unpaired) electrons. The average Bonchev–Trinajstić information content (AvgIpc) is 2.27. The molecule has 1 aliphatic carbocycles. The molecule has 0 aromatic heterocycles. The third-order valence-electron chi connectivity index (χ3n) is 3.89. The molecule has 16 heavy (non-hydrogen) atoms. The Labute approximate surface area is 98.4 Å². The van der Waals surface area contributed by atoms with Crippen molar-refractivity contribution in [2.24, 2.45) is 17.6 Å². The molecule has 3 N–H and O–H groups in total. The first kappa shape index (κ1) is 13.7. The van der Waals surface area contributed by atoms with Crippen LogP contribution in [0.4, 0.5) is 0 Å². The predicted molar refractivity (Wildman–Crippen MR) is 65.0 cm³/mol. The molecule has 3 nitrogen and oxygen atoms in total. The summed E-state index contributed by atoms with van der Waals surface area (Å²) < 4.78 is 0. The van der Waals surface area contributed by atoms with E-state index in [2.05, 4.69) is 6.92 Å². The number of carbonyl (C=O) groups is 1. The third-order valence-corrected chi connectivity index (χ3v) is 3.89. The molecule has 0 bridgehead atoms. The van der Waals surface area contributed by atoms with Crippen LogP contribution in [0.2, 0.25) is 0 Å². The summed E-state index contributed by atoms with van der Waals surface area (Å²) in [5.74, 6) is 1.80. The minimum atomic E-state index is 0.137. The van der Waals surface area contributed by atoms with E-state index in [9.17, 15) is 4.79 Å². The van der Waals surface area contributed by atoms with Gasteiger partial charge in [-0.1, -0.05) is 6.92 Å². The SMILES string of the molecule is CC(CCC(N)CCO)C1CCC(=O)CC1. The first-order valence-electron chi connectivity index (χ1n) is 6.51. The fourth-order valence-corrected chi connectivity index (χ4v) is 2.55. The maximum absolute atomic E-state index is 11.1. The van der Waals surface area contributed by atoms with Gasteiger partial charge in [-0.3, -0.25) is 4.79 Å². The van der Waals surface area contributed by atoms with Crippen LogP contribution in [0, 0.1) is 11.8 Å². The van der Waals surface area contributed by atoms with Gasteiger partial charge in [-0.25, -0.2) is 0 Å². The Morgan fingerprint density at radius 1 is 1.31 bits per heavy atom. The van der Waals surface area contributed by atoms with Crippen LogP contribution in [-0.2, 0) is 4.79 Å². The van der Waals surface area contributed by atoms with Crippen LogP contribution in [0.25, 0.3) is 0 Å². The van der Waals surface area contributed by atoms with Crippen LogP contribution >= 0.6 is 0 Å². The summed E-state index contributed by atoms with van der Waals surface area (Å²) >= 11 is 0. The van der Waals surface area contributed by atoms with Crippen LogP contribution < -0.4 is 5.73 Å². The zero-order chi connectivity index (χ0) is 12.0. The number of Topliss-reactive ketones (excluding diaryl/α,β-unsaturated/α-hetero) is 1. The summed E-state index contributed by atoms with van der Waals surface area (Å²) in [6.45, 7) is 2.46. The van der Waals surface area contributed by atoms with Gasteiger partial charge >= 0.3 is 0 Å². The highest BCUT2D eigenvalue weighted by molar-refractivity contribution is 5.79. The molecule has 0 spiro atoms.